The number of benzene rings is 1. The number of hydrogen-bond donors (Lipinski definition) is 2. The Labute approximate surface area is 143 Å². The molecule has 2 heterocycles. The minimum Gasteiger partial charge on any atom is -0.495 e. The van der Waals surface area contributed by atoms with Crippen LogP contribution in [0.15, 0.2) is 48.7 Å². The van der Waals surface area contributed by atoms with Crippen LogP contribution in [0.25, 0.3) is 5.52 Å². The van der Waals surface area contributed by atoms with E-state index in [1.807, 2.05) is 0 Å². The Morgan fingerprint density at radius 2 is 1.80 bits per heavy atom. The molecule has 0 unspecified atom stereocenters. The number of esters is 1. The number of rotatable bonds is 4. The third-order valence-electron chi connectivity index (χ3n) is 3.52. The average Bonchev–Trinajstić information content (AvgIpc) is 2.99. The minimum absolute atomic E-state index is 0.102. The number of urea groups is 1. The molecule has 8 heteroatoms. The van der Waals surface area contributed by atoms with E-state index >= 15 is 0 Å². The topological polar surface area (TPSA) is 94.0 Å². The van der Waals surface area contributed by atoms with Crippen LogP contribution in [0.4, 0.5) is 16.3 Å². The van der Waals surface area contributed by atoms with E-state index in [9.17, 15) is 9.59 Å². The van der Waals surface area contributed by atoms with Gasteiger partial charge in [0.05, 0.1) is 25.4 Å². The molecular formula is C17H16N4O4. The number of carbonyl (C=O) groups excluding carboxylic acids is 2. The average molecular weight is 340 g/mol. The Morgan fingerprint density at radius 1 is 1.04 bits per heavy atom. The minimum atomic E-state index is -0.589. The number of amides is 2. The Morgan fingerprint density at radius 3 is 2.56 bits per heavy atom. The van der Waals surface area contributed by atoms with E-state index in [0.29, 0.717) is 17.0 Å². The second-order valence-corrected chi connectivity index (χ2v) is 5.03. The van der Waals surface area contributed by atoms with Crippen molar-refractivity contribution in [3.05, 3.63) is 54.2 Å². The highest BCUT2D eigenvalue weighted by molar-refractivity contribution is 6.08. The number of pyridine rings is 1. The van der Waals surface area contributed by atoms with Gasteiger partial charge in [0.25, 0.3) is 0 Å². The van der Waals surface area contributed by atoms with Gasteiger partial charge in [-0.15, -0.1) is 5.10 Å². The Balaban J connectivity index is 1.89. The zero-order chi connectivity index (χ0) is 17.8. The van der Waals surface area contributed by atoms with Gasteiger partial charge < -0.3 is 14.8 Å². The van der Waals surface area contributed by atoms with E-state index in [0.717, 1.165) is 0 Å². The molecule has 25 heavy (non-hydrogen) atoms. The summed E-state index contributed by atoms with van der Waals surface area (Å²) in [5.41, 5.74) is 1.20. The number of carbonyl (C=O) groups is 2. The number of hydrogen-bond acceptors (Lipinski definition) is 5. The maximum atomic E-state index is 12.3. The lowest BCUT2D eigenvalue weighted by Crippen LogP contribution is -2.21. The zero-order valence-electron chi connectivity index (χ0n) is 13.6. The number of methoxy groups -OCH3 is 2. The molecule has 0 saturated carbocycles. The second-order valence-electron chi connectivity index (χ2n) is 5.03. The SMILES string of the molecule is COC(=O)c1c(NC(=O)Nc2ccccc2OC)nn2ccccc12. The fourth-order valence-electron chi connectivity index (χ4n) is 2.40. The Kier molecular flexibility index (Phi) is 4.51. The van der Waals surface area contributed by atoms with Gasteiger partial charge in [0.1, 0.15) is 11.3 Å². The van der Waals surface area contributed by atoms with Crippen LogP contribution in [0.3, 0.4) is 0 Å². The number of nitrogens with one attached hydrogen (secondary N) is 2. The number of nitrogens with zero attached hydrogens (tertiary/aromatic N) is 2. The van der Waals surface area contributed by atoms with Crippen molar-refractivity contribution in [1.29, 1.82) is 0 Å². The van der Waals surface area contributed by atoms with E-state index in [1.165, 1.54) is 18.7 Å². The third-order valence-corrected chi connectivity index (χ3v) is 3.52. The first-order valence-electron chi connectivity index (χ1n) is 7.40. The van der Waals surface area contributed by atoms with Gasteiger partial charge in [0.15, 0.2) is 5.82 Å². The van der Waals surface area contributed by atoms with Crippen LogP contribution in [-0.4, -0.2) is 35.8 Å². The van der Waals surface area contributed by atoms with Crippen molar-refractivity contribution in [3.8, 4) is 5.75 Å². The normalized spacial score (nSPS) is 10.3. The largest absolute Gasteiger partial charge is 0.495 e. The number of fused-ring (bicyclic) bond motifs is 1. The van der Waals surface area contributed by atoms with Crippen LogP contribution in [0.1, 0.15) is 10.4 Å². The molecule has 128 valence electrons. The van der Waals surface area contributed by atoms with Crippen LogP contribution in [-0.2, 0) is 4.74 Å². The lowest BCUT2D eigenvalue weighted by Gasteiger charge is -2.10. The molecule has 0 radical (unpaired) electrons. The van der Waals surface area contributed by atoms with Gasteiger partial charge in [-0.1, -0.05) is 18.2 Å². The number of anilines is 2. The summed E-state index contributed by atoms with van der Waals surface area (Å²) in [7, 11) is 2.78. The molecule has 2 amide bonds. The molecule has 2 N–H and O–H groups in total. The van der Waals surface area contributed by atoms with Crippen molar-refractivity contribution in [1.82, 2.24) is 9.61 Å². The van der Waals surface area contributed by atoms with Gasteiger partial charge in [-0.05, 0) is 24.3 Å². The molecule has 8 nitrogen and oxygen atoms in total. The molecule has 0 aliphatic heterocycles. The summed E-state index contributed by atoms with van der Waals surface area (Å²) in [6.07, 6.45) is 1.67. The van der Waals surface area contributed by atoms with Crippen LogP contribution in [0.2, 0.25) is 0 Å². The highest BCUT2D eigenvalue weighted by Gasteiger charge is 2.22. The van der Waals surface area contributed by atoms with Crippen molar-refractivity contribution < 1.29 is 19.1 Å². The van der Waals surface area contributed by atoms with E-state index in [2.05, 4.69) is 15.7 Å². The lowest BCUT2D eigenvalue weighted by atomic mass is 10.2. The summed E-state index contributed by atoms with van der Waals surface area (Å²) < 4.78 is 11.5. The first-order chi connectivity index (χ1) is 12.1. The lowest BCUT2D eigenvalue weighted by molar-refractivity contribution is 0.0604. The van der Waals surface area contributed by atoms with Gasteiger partial charge in [0, 0.05) is 6.20 Å². The summed E-state index contributed by atoms with van der Waals surface area (Å²) in [5.74, 6) is 0.0279. The maximum Gasteiger partial charge on any atom is 0.343 e. The van der Waals surface area contributed by atoms with Crippen LogP contribution >= 0.6 is 0 Å². The summed E-state index contributed by atoms with van der Waals surface area (Å²) in [6, 6.07) is 11.7. The summed E-state index contributed by atoms with van der Waals surface area (Å²) in [5, 5.41) is 9.46. The molecule has 0 aliphatic carbocycles. The molecule has 3 aromatic rings. The number of para-hydroxylation sites is 2. The first kappa shape index (κ1) is 16.3. The van der Waals surface area contributed by atoms with Gasteiger partial charge in [0.2, 0.25) is 0 Å². The van der Waals surface area contributed by atoms with Crippen molar-refractivity contribution in [2.24, 2.45) is 0 Å². The molecule has 0 bridgehead atoms. The summed E-state index contributed by atoms with van der Waals surface area (Å²) >= 11 is 0. The molecule has 0 spiro atoms. The van der Waals surface area contributed by atoms with Crippen LogP contribution < -0.4 is 15.4 Å². The van der Waals surface area contributed by atoms with E-state index in [4.69, 9.17) is 9.47 Å². The van der Waals surface area contributed by atoms with Crippen molar-refractivity contribution >= 4 is 29.0 Å². The number of ether oxygens (including phenoxy) is 2. The monoisotopic (exact) mass is 340 g/mol. The summed E-state index contributed by atoms with van der Waals surface area (Å²) in [4.78, 5) is 24.4. The van der Waals surface area contributed by atoms with Crippen molar-refractivity contribution in [3.63, 3.8) is 0 Å². The Bertz CT molecular complexity index is 935. The molecule has 3 rings (SSSR count). The van der Waals surface area contributed by atoms with E-state index in [-0.39, 0.29) is 11.4 Å². The van der Waals surface area contributed by atoms with Gasteiger partial charge in [-0.25, -0.2) is 14.1 Å². The molecule has 0 saturated heterocycles. The standard InChI is InChI=1S/C17H16N4O4/c1-24-13-9-4-3-7-11(13)18-17(23)19-15-14(16(22)25-2)12-8-5-6-10-21(12)20-15/h3-10H,1-2H3,(H2,18,19,20,23). The van der Waals surface area contributed by atoms with E-state index < -0.39 is 12.0 Å². The van der Waals surface area contributed by atoms with Gasteiger partial charge in [-0.3, -0.25) is 5.32 Å². The molecule has 0 aliphatic rings. The van der Waals surface area contributed by atoms with Crippen molar-refractivity contribution in [2.75, 3.05) is 24.9 Å². The molecule has 0 atom stereocenters. The fourth-order valence-corrected chi connectivity index (χ4v) is 2.40. The van der Waals surface area contributed by atoms with Crippen molar-refractivity contribution in [2.45, 2.75) is 0 Å². The highest BCUT2D eigenvalue weighted by Crippen LogP contribution is 2.24. The van der Waals surface area contributed by atoms with Crippen LogP contribution in [0.5, 0.6) is 5.75 Å². The molecule has 2 aromatic heterocycles. The van der Waals surface area contributed by atoms with E-state index in [1.54, 1.807) is 48.7 Å². The van der Waals surface area contributed by atoms with Crippen LogP contribution in [0, 0.1) is 0 Å². The predicted molar refractivity (Wildman–Crippen MR) is 92.2 cm³/mol. The second kappa shape index (κ2) is 6.91. The smallest absolute Gasteiger partial charge is 0.343 e. The van der Waals surface area contributed by atoms with Gasteiger partial charge in [-0.2, -0.15) is 0 Å². The highest BCUT2D eigenvalue weighted by atomic mass is 16.5. The zero-order valence-corrected chi connectivity index (χ0v) is 13.6. The number of aromatic nitrogens is 2. The molecule has 1 aromatic carbocycles. The first-order valence-corrected chi connectivity index (χ1v) is 7.40. The summed E-state index contributed by atoms with van der Waals surface area (Å²) in [6.45, 7) is 0. The van der Waals surface area contributed by atoms with Gasteiger partial charge >= 0.3 is 12.0 Å². The Hall–Kier alpha value is -3.55. The molecule has 0 fully saturated rings. The maximum absolute atomic E-state index is 12.3. The predicted octanol–water partition coefficient (Wildman–Crippen LogP) is 2.77. The quantitative estimate of drug-likeness (QED) is 0.712. The molecular weight excluding hydrogens is 324 g/mol. The fraction of sp³-hybridized carbons (Fsp3) is 0.118. The third kappa shape index (κ3) is 3.23.